The molecule has 1 aromatic rings. The summed E-state index contributed by atoms with van der Waals surface area (Å²) in [5, 5.41) is 2.94. The number of sulfone groups is 1. The van der Waals surface area contributed by atoms with Crippen molar-refractivity contribution in [3.05, 3.63) is 69.8 Å². The van der Waals surface area contributed by atoms with Crippen LogP contribution in [0.15, 0.2) is 64.2 Å². The third-order valence-corrected chi connectivity index (χ3v) is 6.42. The molecule has 0 aromatic heterocycles. The van der Waals surface area contributed by atoms with E-state index in [4.69, 9.17) is 5.73 Å². The van der Waals surface area contributed by atoms with E-state index in [0.29, 0.717) is 42.1 Å². The average molecular weight is 402 g/mol. The number of amides is 1. The zero-order valence-corrected chi connectivity index (χ0v) is 17.0. The molecule has 1 aromatic carbocycles. The summed E-state index contributed by atoms with van der Waals surface area (Å²) < 4.78 is 23.2. The zero-order chi connectivity index (χ0) is 20.1. The van der Waals surface area contributed by atoms with Crippen LogP contribution in [0.2, 0.25) is 0 Å². The van der Waals surface area contributed by atoms with Gasteiger partial charge in [0, 0.05) is 48.6 Å². The van der Waals surface area contributed by atoms with Gasteiger partial charge in [-0.25, -0.2) is 8.42 Å². The fourth-order valence-corrected chi connectivity index (χ4v) is 4.30. The van der Waals surface area contributed by atoms with Gasteiger partial charge in [-0.3, -0.25) is 9.69 Å². The number of carbonyl (C=O) groups is 1. The molecule has 0 fully saturated rings. The molecule has 28 heavy (non-hydrogen) atoms. The number of nitrogens with two attached hydrogens (primary N) is 1. The highest BCUT2D eigenvalue weighted by Crippen LogP contribution is 2.24. The van der Waals surface area contributed by atoms with Gasteiger partial charge in [0.1, 0.15) is 0 Å². The predicted octanol–water partition coefficient (Wildman–Crippen LogP) is 1.87. The normalized spacial score (nSPS) is 18.5. The smallest absolute Gasteiger partial charge is 0.249 e. The van der Waals surface area contributed by atoms with E-state index in [-0.39, 0.29) is 5.91 Å². The Kier molecular flexibility index (Phi) is 6.36. The minimum atomic E-state index is -3.10. The quantitative estimate of drug-likeness (QED) is 0.759. The van der Waals surface area contributed by atoms with Gasteiger partial charge in [0.25, 0.3) is 0 Å². The van der Waals surface area contributed by atoms with E-state index in [0.717, 1.165) is 25.1 Å². The number of nitrogens with one attached hydrogen (secondary N) is 1. The highest BCUT2D eigenvalue weighted by atomic mass is 32.2. The van der Waals surface area contributed by atoms with Crippen molar-refractivity contribution in [2.45, 2.75) is 25.8 Å². The summed E-state index contributed by atoms with van der Waals surface area (Å²) in [7, 11) is -3.10. The van der Waals surface area contributed by atoms with Crippen LogP contribution in [0.1, 0.15) is 24.8 Å². The maximum absolute atomic E-state index is 12.5. The van der Waals surface area contributed by atoms with E-state index in [9.17, 15) is 13.2 Å². The largest absolute Gasteiger partial charge is 0.401 e. The lowest BCUT2D eigenvalue weighted by Gasteiger charge is -2.30. The van der Waals surface area contributed by atoms with Crippen LogP contribution >= 0.6 is 0 Å². The molecule has 0 spiro atoms. The Morgan fingerprint density at radius 1 is 1.14 bits per heavy atom. The van der Waals surface area contributed by atoms with Crippen molar-refractivity contribution in [1.82, 2.24) is 10.2 Å². The lowest BCUT2D eigenvalue weighted by molar-refractivity contribution is -0.118. The Labute approximate surface area is 166 Å². The van der Waals surface area contributed by atoms with E-state index < -0.39 is 9.84 Å². The lowest BCUT2D eigenvalue weighted by atomic mass is 10.0. The van der Waals surface area contributed by atoms with Gasteiger partial charge in [-0.1, -0.05) is 42.0 Å². The van der Waals surface area contributed by atoms with E-state index in [1.54, 1.807) is 6.08 Å². The van der Waals surface area contributed by atoms with Gasteiger partial charge >= 0.3 is 0 Å². The highest BCUT2D eigenvalue weighted by Gasteiger charge is 2.23. The number of hydrogen-bond donors (Lipinski definition) is 2. The first-order valence-corrected chi connectivity index (χ1v) is 11.3. The minimum Gasteiger partial charge on any atom is -0.401 e. The van der Waals surface area contributed by atoms with Gasteiger partial charge in [-0.15, -0.1) is 0 Å². The number of allylic oxidation sites excluding steroid dienone is 3. The Bertz CT molecular complexity index is 931. The van der Waals surface area contributed by atoms with E-state index in [2.05, 4.69) is 10.2 Å². The Morgan fingerprint density at radius 2 is 1.89 bits per heavy atom. The van der Waals surface area contributed by atoms with Gasteiger partial charge in [0.2, 0.25) is 5.91 Å². The number of benzene rings is 1. The summed E-state index contributed by atoms with van der Waals surface area (Å²) in [6, 6.07) is 9.79. The van der Waals surface area contributed by atoms with Crippen molar-refractivity contribution in [2.24, 2.45) is 5.73 Å². The average Bonchev–Trinajstić information content (AvgIpc) is 2.67. The van der Waals surface area contributed by atoms with Crippen LogP contribution in [-0.2, 0) is 21.2 Å². The highest BCUT2D eigenvalue weighted by molar-refractivity contribution is 7.94. The summed E-state index contributed by atoms with van der Waals surface area (Å²) in [5.74, 6) is -0.0985. The molecule has 0 radical (unpaired) electrons. The fraction of sp³-hybridized carbons (Fsp3) is 0.381. The van der Waals surface area contributed by atoms with Crippen LogP contribution in [0.3, 0.4) is 0 Å². The number of hydrogen-bond acceptors (Lipinski definition) is 5. The molecule has 3 rings (SSSR count). The molecular weight excluding hydrogens is 374 g/mol. The number of rotatable bonds is 6. The van der Waals surface area contributed by atoms with Crippen LogP contribution in [0.25, 0.3) is 0 Å². The Hall–Kier alpha value is -2.38. The summed E-state index contributed by atoms with van der Waals surface area (Å²) in [6.07, 6.45) is 6.77. The van der Waals surface area contributed by atoms with E-state index >= 15 is 0 Å². The van der Waals surface area contributed by atoms with Crippen molar-refractivity contribution in [3.63, 3.8) is 0 Å². The molecule has 2 aliphatic rings. The number of nitrogens with zero attached hydrogens (tertiary/aromatic N) is 1. The molecule has 0 atom stereocenters. The second-order valence-corrected chi connectivity index (χ2v) is 9.43. The van der Waals surface area contributed by atoms with Crippen LogP contribution < -0.4 is 11.1 Å². The Balaban J connectivity index is 1.55. The summed E-state index contributed by atoms with van der Waals surface area (Å²) in [6.45, 7) is 2.54. The SMILES string of the molecule is CS(=O)(=O)C1=CC=C(CN2CCC(C(=O)NCc3ccccc3)=C(N)C2)CC1. The molecule has 1 amide bonds. The monoisotopic (exact) mass is 401 g/mol. The molecule has 7 heteroatoms. The van der Waals surface area contributed by atoms with Gasteiger partial charge in [-0.05, 0) is 30.9 Å². The number of carbonyl (C=O) groups excluding carboxylic acids is 1. The molecule has 1 heterocycles. The molecule has 0 bridgehead atoms. The first kappa shape index (κ1) is 20.4. The van der Waals surface area contributed by atoms with Crippen molar-refractivity contribution >= 4 is 15.7 Å². The van der Waals surface area contributed by atoms with Gasteiger partial charge in [0.05, 0.1) is 0 Å². The maximum Gasteiger partial charge on any atom is 0.249 e. The lowest BCUT2D eigenvalue weighted by Crippen LogP contribution is -2.39. The molecular formula is C21H27N3O3S. The van der Waals surface area contributed by atoms with Crippen molar-refractivity contribution in [1.29, 1.82) is 0 Å². The third kappa shape index (κ3) is 5.33. The zero-order valence-electron chi connectivity index (χ0n) is 16.1. The molecule has 1 aliphatic carbocycles. The maximum atomic E-state index is 12.5. The van der Waals surface area contributed by atoms with Crippen LogP contribution in [0.5, 0.6) is 0 Å². The van der Waals surface area contributed by atoms with E-state index in [1.165, 1.54) is 11.8 Å². The van der Waals surface area contributed by atoms with Crippen LogP contribution in [0, 0.1) is 0 Å². The third-order valence-electron chi connectivity index (χ3n) is 5.13. The molecule has 6 nitrogen and oxygen atoms in total. The molecule has 1 aliphatic heterocycles. The first-order chi connectivity index (χ1) is 13.3. The van der Waals surface area contributed by atoms with Crippen molar-refractivity contribution in [3.8, 4) is 0 Å². The second kappa shape index (κ2) is 8.75. The summed E-state index contributed by atoms with van der Waals surface area (Å²) in [5.41, 5.74) is 9.72. The molecule has 0 unspecified atom stereocenters. The second-order valence-electron chi connectivity index (χ2n) is 7.36. The first-order valence-electron chi connectivity index (χ1n) is 9.43. The summed E-state index contributed by atoms with van der Waals surface area (Å²) >= 11 is 0. The topological polar surface area (TPSA) is 92.5 Å². The van der Waals surface area contributed by atoms with Crippen molar-refractivity contribution < 1.29 is 13.2 Å². The minimum absolute atomic E-state index is 0.0985. The molecule has 3 N–H and O–H groups in total. The van der Waals surface area contributed by atoms with Gasteiger partial charge in [0.15, 0.2) is 9.84 Å². The molecule has 0 saturated heterocycles. The predicted molar refractivity (Wildman–Crippen MR) is 111 cm³/mol. The Morgan fingerprint density at radius 3 is 2.50 bits per heavy atom. The standard InChI is InChI=1S/C21H27N3O3S/c1-28(26,27)18-9-7-17(8-10-18)14-24-12-11-19(20(22)15-24)21(25)23-13-16-5-3-2-4-6-16/h2-7,9H,8,10-15,22H2,1H3,(H,23,25). The van der Waals surface area contributed by atoms with E-state index in [1.807, 2.05) is 36.4 Å². The molecule has 0 saturated carbocycles. The van der Waals surface area contributed by atoms with Gasteiger partial charge < -0.3 is 11.1 Å². The van der Waals surface area contributed by atoms with Crippen molar-refractivity contribution in [2.75, 3.05) is 25.9 Å². The van der Waals surface area contributed by atoms with Crippen LogP contribution in [0.4, 0.5) is 0 Å². The summed E-state index contributed by atoms with van der Waals surface area (Å²) in [4.78, 5) is 15.2. The van der Waals surface area contributed by atoms with Gasteiger partial charge in [-0.2, -0.15) is 0 Å². The fourth-order valence-electron chi connectivity index (χ4n) is 3.51. The molecule has 150 valence electrons. The van der Waals surface area contributed by atoms with Crippen LogP contribution in [-0.4, -0.2) is 45.1 Å².